The van der Waals surface area contributed by atoms with E-state index in [1.165, 1.54) is 6.07 Å². The van der Waals surface area contributed by atoms with Crippen LogP contribution < -0.4 is 5.56 Å². The van der Waals surface area contributed by atoms with Gasteiger partial charge in [0.2, 0.25) is 0 Å². The average molecular weight is 297 g/mol. The van der Waals surface area contributed by atoms with Gasteiger partial charge in [-0.15, -0.1) is 0 Å². The SMILES string of the molecule is CC(C)c1cc(=O)[nH]c(Cc2c(Cl)cccc2Cl)n1. The molecule has 1 heterocycles. The zero-order valence-electron chi connectivity index (χ0n) is 10.7. The molecule has 2 rings (SSSR count). The van der Waals surface area contributed by atoms with E-state index in [1.807, 2.05) is 13.8 Å². The number of nitrogens with zero attached hydrogens (tertiary/aromatic N) is 1. The van der Waals surface area contributed by atoms with Crippen LogP contribution >= 0.6 is 23.2 Å². The molecule has 0 aliphatic heterocycles. The van der Waals surface area contributed by atoms with Crippen LogP contribution in [0.4, 0.5) is 0 Å². The minimum atomic E-state index is -0.156. The molecule has 1 aromatic carbocycles. The van der Waals surface area contributed by atoms with E-state index in [4.69, 9.17) is 23.2 Å². The summed E-state index contributed by atoms with van der Waals surface area (Å²) < 4.78 is 0. The van der Waals surface area contributed by atoms with Gasteiger partial charge >= 0.3 is 0 Å². The van der Waals surface area contributed by atoms with Crippen molar-refractivity contribution in [1.29, 1.82) is 0 Å². The number of aromatic nitrogens is 2. The van der Waals surface area contributed by atoms with Gasteiger partial charge in [0.15, 0.2) is 0 Å². The molecule has 1 aromatic heterocycles. The van der Waals surface area contributed by atoms with Crippen LogP contribution in [0.25, 0.3) is 0 Å². The summed E-state index contributed by atoms with van der Waals surface area (Å²) >= 11 is 12.2. The smallest absolute Gasteiger partial charge is 0.251 e. The summed E-state index contributed by atoms with van der Waals surface area (Å²) in [5, 5.41) is 1.15. The molecule has 2 aromatic rings. The van der Waals surface area contributed by atoms with Crippen LogP contribution in [-0.4, -0.2) is 9.97 Å². The molecule has 0 saturated heterocycles. The minimum absolute atomic E-state index is 0.156. The average Bonchev–Trinajstić information content (AvgIpc) is 2.33. The molecule has 0 aliphatic rings. The van der Waals surface area contributed by atoms with Crippen molar-refractivity contribution in [3.63, 3.8) is 0 Å². The first-order valence-corrected chi connectivity index (χ1v) is 6.76. The molecule has 100 valence electrons. The maximum Gasteiger partial charge on any atom is 0.251 e. The van der Waals surface area contributed by atoms with Crippen molar-refractivity contribution in [3.05, 3.63) is 61.7 Å². The molecule has 1 N–H and O–H groups in total. The molecule has 0 amide bonds. The van der Waals surface area contributed by atoms with E-state index in [-0.39, 0.29) is 11.5 Å². The molecule has 0 spiro atoms. The molecule has 0 bridgehead atoms. The lowest BCUT2D eigenvalue weighted by molar-refractivity contribution is 0.784. The number of benzene rings is 1. The van der Waals surface area contributed by atoms with Crippen molar-refractivity contribution < 1.29 is 0 Å². The third-order valence-corrected chi connectivity index (χ3v) is 3.52. The van der Waals surface area contributed by atoms with E-state index in [1.54, 1.807) is 18.2 Å². The van der Waals surface area contributed by atoms with Gasteiger partial charge in [-0.2, -0.15) is 0 Å². The molecule has 19 heavy (non-hydrogen) atoms. The Hall–Kier alpha value is -1.32. The molecule has 0 unspecified atom stereocenters. The van der Waals surface area contributed by atoms with Gasteiger partial charge in [-0.3, -0.25) is 4.79 Å². The number of hydrogen-bond acceptors (Lipinski definition) is 2. The second-order valence-corrected chi connectivity index (χ2v) is 5.46. The molecule has 5 heteroatoms. The zero-order valence-corrected chi connectivity index (χ0v) is 12.2. The van der Waals surface area contributed by atoms with Crippen molar-refractivity contribution in [2.24, 2.45) is 0 Å². The Morgan fingerprint density at radius 1 is 1.26 bits per heavy atom. The molecular weight excluding hydrogens is 283 g/mol. The van der Waals surface area contributed by atoms with E-state index in [0.717, 1.165) is 11.3 Å². The highest BCUT2D eigenvalue weighted by Gasteiger charge is 2.10. The summed E-state index contributed by atoms with van der Waals surface area (Å²) in [4.78, 5) is 18.8. The van der Waals surface area contributed by atoms with Crippen LogP contribution in [0.1, 0.15) is 36.8 Å². The summed E-state index contributed by atoms with van der Waals surface area (Å²) in [6.45, 7) is 3.99. The van der Waals surface area contributed by atoms with Crippen molar-refractivity contribution in [2.45, 2.75) is 26.2 Å². The van der Waals surface area contributed by atoms with Crippen molar-refractivity contribution in [2.75, 3.05) is 0 Å². The van der Waals surface area contributed by atoms with E-state index in [0.29, 0.717) is 22.3 Å². The number of hydrogen-bond donors (Lipinski definition) is 1. The van der Waals surface area contributed by atoms with Crippen LogP contribution in [0.5, 0.6) is 0 Å². The maximum absolute atomic E-state index is 11.6. The number of halogens is 2. The molecule has 0 radical (unpaired) electrons. The summed E-state index contributed by atoms with van der Waals surface area (Å²) in [5.74, 6) is 0.772. The van der Waals surface area contributed by atoms with E-state index < -0.39 is 0 Å². The molecule has 0 atom stereocenters. The fourth-order valence-corrected chi connectivity index (χ4v) is 2.31. The van der Waals surface area contributed by atoms with Crippen molar-refractivity contribution >= 4 is 23.2 Å². The predicted molar refractivity (Wildman–Crippen MR) is 78.2 cm³/mol. The third-order valence-electron chi connectivity index (χ3n) is 2.81. The second-order valence-electron chi connectivity index (χ2n) is 4.65. The quantitative estimate of drug-likeness (QED) is 0.936. The van der Waals surface area contributed by atoms with E-state index in [9.17, 15) is 4.79 Å². The van der Waals surface area contributed by atoms with Crippen LogP contribution in [0.2, 0.25) is 10.0 Å². The van der Waals surface area contributed by atoms with Gasteiger partial charge in [0, 0.05) is 22.5 Å². The molecule has 0 saturated carbocycles. The van der Waals surface area contributed by atoms with Crippen molar-refractivity contribution in [3.8, 4) is 0 Å². The Morgan fingerprint density at radius 2 is 1.89 bits per heavy atom. The van der Waals surface area contributed by atoms with Crippen molar-refractivity contribution in [1.82, 2.24) is 9.97 Å². The Bertz CT molecular complexity index is 630. The number of aromatic amines is 1. The summed E-state index contributed by atoms with van der Waals surface area (Å²) in [6, 6.07) is 6.84. The van der Waals surface area contributed by atoms with Gasteiger partial charge in [0.05, 0.1) is 5.69 Å². The first-order chi connectivity index (χ1) is 8.97. The Kier molecular flexibility index (Phi) is 4.27. The lowest BCUT2D eigenvalue weighted by Gasteiger charge is -2.09. The van der Waals surface area contributed by atoms with Gasteiger partial charge in [0.1, 0.15) is 5.82 Å². The van der Waals surface area contributed by atoms with Crippen LogP contribution in [0.15, 0.2) is 29.1 Å². The van der Waals surface area contributed by atoms with Gasteiger partial charge in [-0.1, -0.05) is 43.1 Å². The van der Waals surface area contributed by atoms with Crippen LogP contribution in [-0.2, 0) is 6.42 Å². The normalized spacial score (nSPS) is 11.0. The fraction of sp³-hybridized carbons (Fsp3) is 0.286. The molecule has 0 aliphatic carbocycles. The lowest BCUT2D eigenvalue weighted by atomic mass is 10.1. The minimum Gasteiger partial charge on any atom is -0.310 e. The standard InChI is InChI=1S/C14H14Cl2N2O/c1-8(2)12-7-14(19)18-13(17-12)6-9-10(15)4-3-5-11(9)16/h3-5,7-8H,6H2,1-2H3,(H,17,18,19). The molecular formula is C14H14Cl2N2O. The van der Waals surface area contributed by atoms with Gasteiger partial charge < -0.3 is 4.98 Å². The number of nitrogens with one attached hydrogen (secondary N) is 1. The molecule has 3 nitrogen and oxygen atoms in total. The maximum atomic E-state index is 11.6. The van der Waals surface area contributed by atoms with Gasteiger partial charge in [-0.25, -0.2) is 4.98 Å². The summed E-state index contributed by atoms with van der Waals surface area (Å²) in [6.07, 6.45) is 0.411. The monoisotopic (exact) mass is 296 g/mol. The van der Waals surface area contributed by atoms with Crippen LogP contribution in [0.3, 0.4) is 0 Å². The predicted octanol–water partition coefficient (Wildman–Crippen LogP) is 3.79. The lowest BCUT2D eigenvalue weighted by Crippen LogP contribution is -2.14. The largest absolute Gasteiger partial charge is 0.310 e. The summed E-state index contributed by atoms with van der Waals surface area (Å²) in [7, 11) is 0. The van der Waals surface area contributed by atoms with Crippen LogP contribution in [0, 0.1) is 0 Å². The fourth-order valence-electron chi connectivity index (χ4n) is 1.78. The zero-order chi connectivity index (χ0) is 14.0. The number of H-pyrrole nitrogens is 1. The Labute approximate surface area is 121 Å². The van der Waals surface area contributed by atoms with E-state index in [2.05, 4.69) is 9.97 Å². The second kappa shape index (κ2) is 5.76. The third kappa shape index (κ3) is 3.37. The topological polar surface area (TPSA) is 45.8 Å². The first-order valence-electron chi connectivity index (χ1n) is 6.00. The molecule has 0 fully saturated rings. The highest BCUT2D eigenvalue weighted by molar-refractivity contribution is 6.36. The Morgan fingerprint density at radius 3 is 2.47 bits per heavy atom. The summed E-state index contributed by atoms with van der Waals surface area (Å²) in [5.41, 5.74) is 1.38. The Balaban J connectivity index is 2.41. The first kappa shape index (κ1) is 14.1. The van der Waals surface area contributed by atoms with E-state index >= 15 is 0 Å². The van der Waals surface area contributed by atoms with Gasteiger partial charge in [-0.05, 0) is 23.6 Å². The number of rotatable bonds is 3. The highest BCUT2D eigenvalue weighted by atomic mass is 35.5. The van der Waals surface area contributed by atoms with Gasteiger partial charge in [0.25, 0.3) is 5.56 Å². The highest BCUT2D eigenvalue weighted by Crippen LogP contribution is 2.26.